The molecule has 2 fully saturated rings. The first-order valence-corrected chi connectivity index (χ1v) is 9.92. The fraction of sp³-hybridized carbons (Fsp3) is 0.364. The number of piperidine rings is 1. The molecule has 8 heteroatoms. The number of ketones is 1. The number of benzene rings is 1. The van der Waals surface area contributed by atoms with Gasteiger partial charge in [-0.1, -0.05) is 0 Å². The summed E-state index contributed by atoms with van der Waals surface area (Å²) in [4.78, 5) is 26.7. The van der Waals surface area contributed by atoms with Crippen LogP contribution in [0.1, 0.15) is 29.0 Å². The smallest absolute Gasteiger partial charge is 0.260 e. The molecular weight excluding hydrogens is 390 g/mol. The average Bonchev–Trinajstić information content (AvgIpc) is 3.50. The van der Waals surface area contributed by atoms with Crippen molar-refractivity contribution in [3.63, 3.8) is 0 Å². The molecule has 156 valence electrons. The second kappa shape index (κ2) is 7.62. The molecule has 2 aromatic rings. The number of Topliss-reactive ketones (excluding diaryl/α,β-unsaturated/α-hetero) is 1. The normalized spacial score (nSPS) is 21.1. The predicted octanol–water partition coefficient (Wildman–Crippen LogP) is 2.64. The van der Waals surface area contributed by atoms with Crippen molar-refractivity contribution in [3.8, 4) is 11.5 Å². The van der Waals surface area contributed by atoms with Crippen LogP contribution >= 0.6 is 0 Å². The highest BCUT2D eigenvalue weighted by molar-refractivity contribution is 6.14. The Bertz CT molecular complexity index is 979. The van der Waals surface area contributed by atoms with Gasteiger partial charge in [0.1, 0.15) is 17.3 Å². The largest absolute Gasteiger partial charge is 0.484 e. The van der Waals surface area contributed by atoms with E-state index < -0.39 is 5.79 Å². The molecule has 1 aromatic carbocycles. The quantitative estimate of drug-likeness (QED) is 0.715. The van der Waals surface area contributed by atoms with Crippen LogP contribution in [0.5, 0.6) is 11.5 Å². The van der Waals surface area contributed by atoms with Gasteiger partial charge in [-0.05, 0) is 24.3 Å². The van der Waals surface area contributed by atoms with Crippen molar-refractivity contribution in [1.82, 2.24) is 4.90 Å². The van der Waals surface area contributed by atoms with Crippen molar-refractivity contribution in [1.29, 1.82) is 0 Å². The van der Waals surface area contributed by atoms with E-state index in [0.29, 0.717) is 62.0 Å². The van der Waals surface area contributed by atoms with Crippen LogP contribution in [0.3, 0.4) is 0 Å². The summed E-state index contributed by atoms with van der Waals surface area (Å²) in [6, 6.07) is 8.39. The topological polar surface area (TPSA) is 87.4 Å². The lowest BCUT2D eigenvalue weighted by atomic mass is 10.0. The van der Waals surface area contributed by atoms with Crippen molar-refractivity contribution < 1.29 is 33.0 Å². The van der Waals surface area contributed by atoms with Crippen LogP contribution in [0.2, 0.25) is 0 Å². The molecule has 30 heavy (non-hydrogen) atoms. The van der Waals surface area contributed by atoms with E-state index in [2.05, 4.69) is 0 Å². The zero-order valence-electron chi connectivity index (χ0n) is 16.3. The first kappa shape index (κ1) is 18.9. The highest BCUT2D eigenvalue weighted by Crippen LogP contribution is 2.35. The number of furan rings is 1. The van der Waals surface area contributed by atoms with Crippen molar-refractivity contribution in [2.75, 3.05) is 32.9 Å². The maximum Gasteiger partial charge on any atom is 0.260 e. The Morgan fingerprint density at radius 3 is 2.70 bits per heavy atom. The van der Waals surface area contributed by atoms with Crippen LogP contribution in [0.25, 0.3) is 6.08 Å². The van der Waals surface area contributed by atoms with Gasteiger partial charge in [0.2, 0.25) is 5.78 Å². The molecule has 3 aliphatic rings. The Labute approximate surface area is 172 Å². The molecule has 1 amide bonds. The van der Waals surface area contributed by atoms with Gasteiger partial charge < -0.3 is 28.3 Å². The van der Waals surface area contributed by atoms with Gasteiger partial charge in [0.15, 0.2) is 18.2 Å². The third-order valence-corrected chi connectivity index (χ3v) is 5.51. The monoisotopic (exact) mass is 411 g/mol. The molecule has 3 aliphatic heterocycles. The molecule has 0 bridgehead atoms. The lowest BCUT2D eigenvalue weighted by Crippen LogP contribution is -2.48. The Morgan fingerprint density at radius 2 is 1.97 bits per heavy atom. The maximum atomic E-state index is 12.5. The molecule has 0 atom stereocenters. The lowest BCUT2D eigenvalue weighted by Gasteiger charge is -2.37. The SMILES string of the molecule is O=C1C(=Cc2ccco2)Oc2cc(OCC(=O)N3CCC4(CC3)OCCO4)ccc21. The zero-order chi connectivity index (χ0) is 20.6. The number of ether oxygens (including phenoxy) is 4. The average molecular weight is 411 g/mol. The molecule has 8 nitrogen and oxygen atoms in total. The molecule has 0 unspecified atom stereocenters. The van der Waals surface area contributed by atoms with Crippen LogP contribution in [0, 0.1) is 0 Å². The van der Waals surface area contributed by atoms with Gasteiger partial charge >= 0.3 is 0 Å². The summed E-state index contributed by atoms with van der Waals surface area (Å²) in [6.07, 6.45) is 4.40. The fourth-order valence-electron chi connectivity index (χ4n) is 3.88. The minimum absolute atomic E-state index is 0.0868. The van der Waals surface area contributed by atoms with E-state index in [4.69, 9.17) is 23.4 Å². The molecule has 2 saturated heterocycles. The van der Waals surface area contributed by atoms with E-state index >= 15 is 0 Å². The van der Waals surface area contributed by atoms with E-state index in [-0.39, 0.29) is 24.1 Å². The van der Waals surface area contributed by atoms with Crippen molar-refractivity contribution >= 4 is 17.8 Å². The zero-order valence-corrected chi connectivity index (χ0v) is 16.3. The van der Waals surface area contributed by atoms with Gasteiger partial charge in [-0.15, -0.1) is 0 Å². The molecule has 1 aromatic heterocycles. The Kier molecular flexibility index (Phi) is 4.80. The summed E-state index contributed by atoms with van der Waals surface area (Å²) in [7, 11) is 0. The number of nitrogens with zero attached hydrogens (tertiary/aromatic N) is 1. The Morgan fingerprint density at radius 1 is 1.17 bits per heavy atom. The minimum Gasteiger partial charge on any atom is -0.484 e. The maximum absolute atomic E-state index is 12.5. The van der Waals surface area contributed by atoms with Crippen LogP contribution in [0.4, 0.5) is 0 Å². The second-order valence-electron chi connectivity index (χ2n) is 7.39. The highest BCUT2D eigenvalue weighted by Gasteiger charge is 2.40. The molecule has 1 spiro atoms. The number of rotatable bonds is 4. The Balaban J connectivity index is 1.18. The van der Waals surface area contributed by atoms with Gasteiger partial charge in [-0.3, -0.25) is 9.59 Å². The standard InChI is InChI=1S/C22H21NO7/c24-20(23-7-5-22(6-8-23)28-10-11-29-22)14-27-16-3-4-17-18(12-16)30-19(21(17)25)13-15-2-1-9-26-15/h1-4,9,12-13H,5-8,10-11,14H2. The number of carbonyl (C=O) groups is 2. The fourth-order valence-corrected chi connectivity index (χ4v) is 3.88. The van der Waals surface area contributed by atoms with E-state index in [1.807, 2.05) is 0 Å². The summed E-state index contributed by atoms with van der Waals surface area (Å²) < 4.78 is 27.9. The summed E-state index contributed by atoms with van der Waals surface area (Å²) in [5, 5.41) is 0. The lowest BCUT2D eigenvalue weighted by molar-refractivity contribution is -0.187. The number of likely N-dealkylation sites (tertiary alicyclic amines) is 1. The molecule has 0 aliphatic carbocycles. The summed E-state index contributed by atoms with van der Waals surface area (Å²) in [5.41, 5.74) is 0.448. The number of amides is 1. The van der Waals surface area contributed by atoms with Crippen LogP contribution in [-0.2, 0) is 14.3 Å². The van der Waals surface area contributed by atoms with Crippen LogP contribution in [0.15, 0.2) is 46.8 Å². The number of hydrogen-bond acceptors (Lipinski definition) is 7. The predicted molar refractivity (Wildman–Crippen MR) is 104 cm³/mol. The summed E-state index contributed by atoms with van der Waals surface area (Å²) in [6.45, 7) is 2.28. The second-order valence-corrected chi connectivity index (χ2v) is 7.39. The van der Waals surface area contributed by atoms with Crippen LogP contribution < -0.4 is 9.47 Å². The third kappa shape index (κ3) is 3.59. The third-order valence-electron chi connectivity index (χ3n) is 5.51. The first-order valence-electron chi connectivity index (χ1n) is 9.92. The number of fused-ring (bicyclic) bond motifs is 1. The van der Waals surface area contributed by atoms with E-state index in [9.17, 15) is 9.59 Å². The van der Waals surface area contributed by atoms with Gasteiger partial charge in [0, 0.05) is 38.1 Å². The molecule has 5 rings (SSSR count). The molecule has 0 N–H and O–H groups in total. The van der Waals surface area contributed by atoms with E-state index in [1.54, 1.807) is 41.3 Å². The van der Waals surface area contributed by atoms with E-state index in [0.717, 1.165) is 0 Å². The van der Waals surface area contributed by atoms with Crippen molar-refractivity contribution in [2.45, 2.75) is 18.6 Å². The molecule has 0 radical (unpaired) electrons. The van der Waals surface area contributed by atoms with Gasteiger partial charge in [-0.2, -0.15) is 0 Å². The van der Waals surface area contributed by atoms with Gasteiger partial charge in [0.05, 0.1) is 25.0 Å². The summed E-state index contributed by atoms with van der Waals surface area (Å²) in [5.74, 6) is 0.754. The van der Waals surface area contributed by atoms with Crippen molar-refractivity contribution in [3.05, 3.63) is 53.7 Å². The highest BCUT2D eigenvalue weighted by atomic mass is 16.7. The number of hydrogen-bond donors (Lipinski definition) is 0. The molecular formula is C22H21NO7. The van der Waals surface area contributed by atoms with Crippen LogP contribution in [-0.4, -0.2) is 55.3 Å². The molecule has 0 saturated carbocycles. The Hall–Kier alpha value is -3.10. The summed E-state index contributed by atoms with van der Waals surface area (Å²) >= 11 is 0. The van der Waals surface area contributed by atoms with Gasteiger partial charge in [0.25, 0.3) is 5.91 Å². The number of allylic oxidation sites excluding steroid dienone is 1. The minimum atomic E-state index is -0.512. The van der Waals surface area contributed by atoms with Gasteiger partial charge in [-0.25, -0.2) is 0 Å². The van der Waals surface area contributed by atoms with E-state index in [1.165, 1.54) is 6.26 Å². The molecule has 4 heterocycles. The number of carbonyl (C=O) groups excluding carboxylic acids is 2. The first-order chi connectivity index (χ1) is 14.6. The van der Waals surface area contributed by atoms with Crippen molar-refractivity contribution in [2.24, 2.45) is 0 Å².